The molecule has 2 nitrogen and oxygen atoms in total. The third-order valence-electron chi connectivity index (χ3n) is 5.19. The summed E-state index contributed by atoms with van der Waals surface area (Å²) in [7, 11) is 0. The number of hydrogen-bond acceptors (Lipinski definition) is 2. The van der Waals surface area contributed by atoms with E-state index in [0.29, 0.717) is 0 Å². The lowest BCUT2D eigenvalue weighted by Crippen LogP contribution is -2.47. The van der Waals surface area contributed by atoms with Crippen LogP contribution in [-0.2, 0) is 0 Å². The first kappa shape index (κ1) is 21.2. The number of nitrogens with one attached hydrogen (secondary N) is 1. The molecule has 1 fully saturated rings. The quantitative estimate of drug-likeness (QED) is 0.503. The minimum Gasteiger partial charge on any atom is -0.391 e. The van der Waals surface area contributed by atoms with Gasteiger partial charge in [-0.15, -0.1) is 0 Å². The fourth-order valence-electron chi connectivity index (χ4n) is 3.35. The van der Waals surface area contributed by atoms with Crippen LogP contribution in [0.4, 0.5) is 0 Å². The van der Waals surface area contributed by atoms with E-state index < -0.39 is 0 Å². The Kier molecular flexibility index (Phi) is 9.61. The van der Waals surface area contributed by atoms with Crippen LogP contribution in [0.3, 0.4) is 0 Å². The highest BCUT2D eigenvalue weighted by Crippen LogP contribution is 2.25. The van der Waals surface area contributed by atoms with Gasteiger partial charge in [-0.1, -0.05) is 34.9 Å². The highest BCUT2D eigenvalue weighted by molar-refractivity contribution is 5.06. The minimum atomic E-state index is -0.235. The van der Waals surface area contributed by atoms with Crippen LogP contribution in [0.15, 0.2) is 34.9 Å². The molecular formula is C22H39NO. The summed E-state index contributed by atoms with van der Waals surface area (Å²) in [5, 5.41) is 13.8. The predicted molar refractivity (Wildman–Crippen MR) is 106 cm³/mol. The average molecular weight is 334 g/mol. The molecule has 0 spiro atoms. The van der Waals surface area contributed by atoms with Crippen molar-refractivity contribution >= 4 is 0 Å². The van der Waals surface area contributed by atoms with Gasteiger partial charge in [0.15, 0.2) is 0 Å². The first-order chi connectivity index (χ1) is 11.3. The summed E-state index contributed by atoms with van der Waals surface area (Å²) in [5.41, 5.74) is 4.29. The van der Waals surface area contributed by atoms with Crippen molar-refractivity contribution in [1.82, 2.24) is 5.32 Å². The summed E-state index contributed by atoms with van der Waals surface area (Å²) in [5.74, 6) is 0. The molecule has 0 bridgehead atoms. The zero-order valence-corrected chi connectivity index (χ0v) is 16.6. The Labute approximate surface area is 150 Å². The molecule has 0 saturated carbocycles. The molecule has 0 aromatic rings. The first-order valence-electron chi connectivity index (χ1n) is 9.71. The maximum Gasteiger partial charge on any atom is 0.0722 e. The standard InChI is InChI=1S/C22H39NO/c1-18(2)10-6-11-19(3)12-7-13-20(4)14-8-15-21(24)22(5)16-9-17-23-22/h10,12,14,21,23-24H,6-9,11,13,15-17H2,1-5H3/b19-12+,20-14+/t21-,22+/m1/s1. The number of aliphatic hydroxyl groups excluding tert-OH is 1. The predicted octanol–water partition coefficient (Wildman–Crippen LogP) is 5.69. The first-order valence-corrected chi connectivity index (χ1v) is 9.71. The van der Waals surface area contributed by atoms with E-state index in [2.05, 4.69) is 58.2 Å². The van der Waals surface area contributed by atoms with Crippen LogP contribution in [0.25, 0.3) is 0 Å². The molecule has 138 valence electrons. The van der Waals surface area contributed by atoms with Gasteiger partial charge in [-0.2, -0.15) is 0 Å². The van der Waals surface area contributed by atoms with Gasteiger partial charge in [-0.3, -0.25) is 0 Å². The molecule has 2 atom stereocenters. The topological polar surface area (TPSA) is 32.3 Å². The molecular weight excluding hydrogens is 294 g/mol. The number of hydrogen-bond donors (Lipinski definition) is 2. The molecule has 1 rings (SSSR count). The van der Waals surface area contributed by atoms with Crippen molar-refractivity contribution in [3.05, 3.63) is 34.9 Å². The van der Waals surface area contributed by atoms with Crippen LogP contribution < -0.4 is 5.32 Å². The van der Waals surface area contributed by atoms with Gasteiger partial charge in [0.25, 0.3) is 0 Å². The number of allylic oxidation sites excluding steroid dienone is 6. The van der Waals surface area contributed by atoms with Gasteiger partial charge >= 0.3 is 0 Å². The summed E-state index contributed by atoms with van der Waals surface area (Å²) in [6.45, 7) is 12.0. The maximum atomic E-state index is 10.4. The van der Waals surface area contributed by atoms with E-state index in [1.807, 2.05) is 0 Å². The molecule has 2 N–H and O–H groups in total. The van der Waals surface area contributed by atoms with E-state index in [1.165, 1.54) is 29.6 Å². The maximum absolute atomic E-state index is 10.4. The molecule has 0 radical (unpaired) electrons. The third-order valence-corrected chi connectivity index (χ3v) is 5.19. The highest BCUT2D eigenvalue weighted by Gasteiger charge is 2.34. The zero-order chi connectivity index (χ0) is 18.0. The second-order valence-electron chi connectivity index (χ2n) is 8.00. The highest BCUT2D eigenvalue weighted by atomic mass is 16.3. The van der Waals surface area contributed by atoms with E-state index in [1.54, 1.807) is 0 Å². The van der Waals surface area contributed by atoms with Crippen molar-refractivity contribution < 1.29 is 5.11 Å². The Morgan fingerprint density at radius 3 is 2.12 bits per heavy atom. The Balaban J connectivity index is 2.23. The van der Waals surface area contributed by atoms with E-state index in [9.17, 15) is 5.11 Å². The Morgan fingerprint density at radius 2 is 1.58 bits per heavy atom. The zero-order valence-electron chi connectivity index (χ0n) is 16.6. The number of rotatable bonds is 10. The van der Waals surface area contributed by atoms with Crippen LogP contribution in [0.5, 0.6) is 0 Å². The molecule has 1 aliphatic heterocycles. The van der Waals surface area contributed by atoms with Crippen LogP contribution >= 0.6 is 0 Å². The van der Waals surface area contributed by atoms with Gasteiger partial charge in [-0.25, -0.2) is 0 Å². The van der Waals surface area contributed by atoms with Gasteiger partial charge in [0.1, 0.15) is 0 Å². The van der Waals surface area contributed by atoms with Crippen LogP contribution in [0.2, 0.25) is 0 Å². The summed E-state index contributed by atoms with van der Waals surface area (Å²) in [6, 6.07) is 0. The molecule has 0 aromatic carbocycles. The minimum absolute atomic E-state index is 0.0626. The lowest BCUT2D eigenvalue weighted by atomic mass is 9.89. The van der Waals surface area contributed by atoms with E-state index in [0.717, 1.165) is 45.1 Å². The van der Waals surface area contributed by atoms with Crippen molar-refractivity contribution in [2.24, 2.45) is 0 Å². The molecule has 0 aromatic heterocycles. The van der Waals surface area contributed by atoms with Crippen molar-refractivity contribution in [3.8, 4) is 0 Å². The summed E-state index contributed by atoms with van der Waals surface area (Å²) in [4.78, 5) is 0. The van der Waals surface area contributed by atoms with Gasteiger partial charge in [0.2, 0.25) is 0 Å². The molecule has 1 aliphatic rings. The fraction of sp³-hybridized carbons (Fsp3) is 0.727. The van der Waals surface area contributed by atoms with E-state index >= 15 is 0 Å². The molecule has 1 saturated heterocycles. The van der Waals surface area contributed by atoms with Crippen LogP contribution in [-0.4, -0.2) is 23.3 Å². The third kappa shape index (κ3) is 8.30. The van der Waals surface area contributed by atoms with Crippen molar-refractivity contribution in [3.63, 3.8) is 0 Å². The Hall–Kier alpha value is -0.860. The Bertz CT molecular complexity index is 449. The molecule has 1 heterocycles. The molecule has 0 aliphatic carbocycles. The van der Waals surface area contributed by atoms with Crippen LogP contribution in [0.1, 0.15) is 86.0 Å². The van der Waals surface area contributed by atoms with Gasteiger partial charge in [0, 0.05) is 5.54 Å². The summed E-state index contributed by atoms with van der Waals surface area (Å²) < 4.78 is 0. The molecule has 0 amide bonds. The van der Waals surface area contributed by atoms with Crippen molar-refractivity contribution in [2.75, 3.05) is 6.54 Å². The lowest BCUT2D eigenvalue weighted by Gasteiger charge is -2.30. The van der Waals surface area contributed by atoms with Gasteiger partial charge < -0.3 is 10.4 Å². The Morgan fingerprint density at radius 1 is 1.00 bits per heavy atom. The summed E-state index contributed by atoms with van der Waals surface area (Å²) >= 11 is 0. The van der Waals surface area contributed by atoms with E-state index in [-0.39, 0.29) is 11.6 Å². The van der Waals surface area contributed by atoms with E-state index in [4.69, 9.17) is 0 Å². The van der Waals surface area contributed by atoms with Crippen molar-refractivity contribution in [2.45, 2.75) is 97.6 Å². The van der Waals surface area contributed by atoms with Gasteiger partial charge in [0.05, 0.1) is 6.10 Å². The second-order valence-corrected chi connectivity index (χ2v) is 8.00. The second kappa shape index (κ2) is 10.9. The van der Waals surface area contributed by atoms with Gasteiger partial charge in [-0.05, 0) is 92.5 Å². The van der Waals surface area contributed by atoms with Crippen LogP contribution in [0, 0.1) is 0 Å². The summed E-state index contributed by atoms with van der Waals surface area (Å²) in [6.07, 6.45) is 15.5. The van der Waals surface area contributed by atoms with Crippen molar-refractivity contribution in [1.29, 1.82) is 0 Å². The average Bonchev–Trinajstić information content (AvgIpc) is 2.95. The molecule has 2 heteroatoms. The normalized spacial score (nSPS) is 23.4. The number of aliphatic hydroxyl groups is 1. The largest absolute Gasteiger partial charge is 0.391 e. The smallest absolute Gasteiger partial charge is 0.0722 e. The molecule has 24 heavy (non-hydrogen) atoms. The molecule has 0 unspecified atom stereocenters. The monoisotopic (exact) mass is 333 g/mol. The fourth-order valence-corrected chi connectivity index (χ4v) is 3.35. The SMILES string of the molecule is CC(C)=CCC/C(C)=C/CC/C(C)=C/CC[C@@H](O)[C@]1(C)CCCN1. The lowest BCUT2D eigenvalue weighted by molar-refractivity contribution is 0.0747.